The van der Waals surface area contributed by atoms with Crippen LogP contribution in [0.3, 0.4) is 0 Å². The molecule has 0 aromatic heterocycles. The van der Waals surface area contributed by atoms with Gasteiger partial charge in [0.25, 0.3) is 0 Å². The van der Waals surface area contributed by atoms with Crippen molar-refractivity contribution in [2.75, 3.05) is 31.2 Å². The summed E-state index contributed by atoms with van der Waals surface area (Å²) >= 11 is 0. The molecule has 1 aromatic rings. The van der Waals surface area contributed by atoms with E-state index in [1.807, 2.05) is 19.9 Å². The monoisotopic (exact) mass is 396 g/mol. The fourth-order valence-corrected chi connectivity index (χ4v) is 2.36. The van der Waals surface area contributed by atoms with Crippen LogP contribution in [0.15, 0.2) is 12.1 Å². The smallest absolute Gasteiger partial charge is 0.430 e. The van der Waals surface area contributed by atoms with E-state index in [9.17, 15) is 0 Å². The summed E-state index contributed by atoms with van der Waals surface area (Å²) in [5.74, 6) is 1.34. The molecule has 0 spiro atoms. The summed E-state index contributed by atoms with van der Waals surface area (Å²) in [5, 5.41) is 9.07. The van der Waals surface area contributed by atoms with E-state index in [0.29, 0.717) is 24.7 Å². The van der Waals surface area contributed by atoms with E-state index in [0.717, 1.165) is 24.5 Å². The summed E-state index contributed by atoms with van der Waals surface area (Å²) in [5.41, 5.74) is 1.43. The minimum atomic E-state index is 0. The summed E-state index contributed by atoms with van der Waals surface area (Å²) in [6, 6.07) is 3.65. The van der Waals surface area contributed by atoms with Crippen LogP contribution in [0.4, 0.5) is 11.4 Å². The summed E-state index contributed by atoms with van der Waals surface area (Å²) in [7, 11) is 0. The Morgan fingerprint density at radius 2 is 1.59 bits per heavy atom. The molecule has 0 amide bonds. The van der Waals surface area contributed by atoms with Crippen LogP contribution in [-0.2, 0) is 19.5 Å². The second kappa shape index (κ2) is 11.8. The average molecular weight is 399 g/mol. The second-order valence-electron chi connectivity index (χ2n) is 4.45. The number of ether oxygens (including phenoxy) is 2. The fraction of sp³-hybridized carbons (Fsp3) is 0.571. The van der Waals surface area contributed by atoms with Crippen molar-refractivity contribution >= 4 is 11.4 Å². The summed E-state index contributed by atoms with van der Waals surface area (Å²) in [6.07, 6.45) is 2.39. The Morgan fingerprint density at radius 1 is 1.05 bits per heavy atom. The van der Waals surface area contributed by atoms with E-state index in [-0.39, 0.29) is 44.3 Å². The molecule has 1 aliphatic rings. The molecule has 2 rings (SSSR count). The van der Waals surface area contributed by atoms with Gasteiger partial charge >= 0.3 is 5.69 Å². The molecule has 120 valence electrons. The van der Waals surface area contributed by atoms with Crippen LogP contribution in [0.5, 0.6) is 11.5 Å². The van der Waals surface area contributed by atoms with E-state index in [1.54, 1.807) is 6.07 Å². The van der Waals surface area contributed by atoms with Crippen molar-refractivity contribution in [3.05, 3.63) is 17.1 Å². The van der Waals surface area contributed by atoms with Gasteiger partial charge in [0.2, 0.25) is 11.1 Å². The van der Waals surface area contributed by atoms with Gasteiger partial charge in [-0.3, -0.25) is 0 Å². The minimum absolute atomic E-state index is 0. The quantitative estimate of drug-likeness (QED) is 0.409. The van der Waals surface area contributed by atoms with Gasteiger partial charge in [-0.2, -0.15) is 0 Å². The zero-order valence-corrected chi connectivity index (χ0v) is 17.5. The van der Waals surface area contributed by atoms with Crippen molar-refractivity contribution in [2.45, 2.75) is 26.7 Å². The summed E-state index contributed by atoms with van der Waals surface area (Å²) < 4.78 is 11.2. The van der Waals surface area contributed by atoms with Gasteiger partial charge in [-0.15, -0.1) is 0 Å². The van der Waals surface area contributed by atoms with E-state index in [2.05, 4.69) is 9.88 Å². The third kappa shape index (κ3) is 5.46. The predicted molar refractivity (Wildman–Crippen MR) is 75.0 cm³/mol. The van der Waals surface area contributed by atoms with Crippen LogP contribution in [-0.4, -0.2) is 26.3 Å². The molecular weight excluding hydrogens is 378 g/mol. The number of hydrogen-bond acceptors (Lipinski definition) is 4. The molecule has 0 unspecified atom stereocenters. The SMILES string of the molecule is CCOc1cc(N2CCCC2)c(OCC)cc1[N+]#N.[Cl-].[Cl-].[Zn]. The number of diazo groups is 1. The van der Waals surface area contributed by atoms with Crippen molar-refractivity contribution in [3.63, 3.8) is 0 Å². The molecule has 0 N–H and O–H groups in total. The topological polar surface area (TPSA) is 49.9 Å². The van der Waals surface area contributed by atoms with Crippen LogP contribution in [0.1, 0.15) is 26.7 Å². The molecule has 8 heteroatoms. The molecule has 1 saturated heterocycles. The Balaban J connectivity index is 0. The number of rotatable bonds is 5. The molecular formula is C14H20Cl2N3O2Zn-. The van der Waals surface area contributed by atoms with Crippen molar-refractivity contribution in [2.24, 2.45) is 0 Å². The van der Waals surface area contributed by atoms with E-state index in [4.69, 9.17) is 14.9 Å². The van der Waals surface area contributed by atoms with Crippen LogP contribution in [0.25, 0.3) is 4.98 Å². The number of benzene rings is 1. The third-order valence-electron chi connectivity index (χ3n) is 3.19. The maximum atomic E-state index is 9.07. The standard InChI is InChI=1S/C14H20N3O2.2ClH.Zn/c1-3-18-13-10-12(17-7-5-6-8-17)14(19-4-2)9-11(13)16-15;;;/h9-10H,3-8H2,1-2H3;2*1H;/q+1;;;/p-2. The van der Waals surface area contributed by atoms with Gasteiger partial charge in [0, 0.05) is 38.6 Å². The molecule has 0 radical (unpaired) electrons. The van der Waals surface area contributed by atoms with Gasteiger partial charge in [-0.05, 0) is 26.7 Å². The first-order chi connectivity index (χ1) is 9.30. The molecule has 0 saturated carbocycles. The van der Waals surface area contributed by atoms with Gasteiger partial charge < -0.3 is 39.2 Å². The van der Waals surface area contributed by atoms with Crippen LogP contribution < -0.4 is 39.2 Å². The van der Waals surface area contributed by atoms with Gasteiger partial charge in [-0.25, -0.2) is 0 Å². The average Bonchev–Trinajstić information content (AvgIpc) is 2.94. The zero-order chi connectivity index (χ0) is 13.7. The number of halogens is 2. The Labute approximate surface area is 156 Å². The molecule has 0 bridgehead atoms. The van der Waals surface area contributed by atoms with Gasteiger partial charge in [0.05, 0.1) is 25.0 Å². The predicted octanol–water partition coefficient (Wildman–Crippen LogP) is -2.43. The largest absolute Gasteiger partial charge is 1.00 e. The number of nitrogens with zero attached hydrogens (tertiary/aromatic N) is 3. The molecule has 5 nitrogen and oxygen atoms in total. The first-order valence-electron chi connectivity index (χ1n) is 6.83. The molecule has 0 aliphatic carbocycles. The van der Waals surface area contributed by atoms with Crippen molar-refractivity contribution < 1.29 is 53.8 Å². The van der Waals surface area contributed by atoms with Crippen molar-refractivity contribution in [1.29, 1.82) is 5.39 Å². The Kier molecular flexibility index (Phi) is 12.6. The van der Waals surface area contributed by atoms with E-state index in [1.165, 1.54) is 12.8 Å². The van der Waals surface area contributed by atoms with E-state index < -0.39 is 0 Å². The first kappa shape index (κ1) is 23.5. The fourth-order valence-electron chi connectivity index (χ4n) is 2.36. The summed E-state index contributed by atoms with van der Waals surface area (Å²) in [4.78, 5) is 5.56. The zero-order valence-electron chi connectivity index (χ0n) is 13.0. The van der Waals surface area contributed by atoms with Crippen LogP contribution >= 0.6 is 0 Å². The Hall–Kier alpha value is -0.757. The molecule has 22 heavy (non-hydrogen) atoms. The number of anilines is 1. The third-order valence-corrected chi connectivity index (χ3v) is 3.19. The second-order valence-corrected chi connectivity index (χ2v) is 4.45. The Morgan fingerprint density at radius 3 is 2.09 bits per heavy atom. The van der Waals surface area contributed by atoms with Gasteiger partial charge in [0.15, 0.2) is 10.7 Å². The maximum absolute atomic E-state index is 9.07. The Bertz CT molecular complexity index is 492. The van der Waals surface area contributed by atoms with Crippen molar-refractivity contribution in [1.82, 2.24) is 0 Å². The van der Waals surface area contributed by atoms with Crippen molar-refractivity contribution in [3.8, 4) is 11.5 Å². The molecule has 1 aromatic carbocycles. The van der Waals surface area contributed by atoms with Crippen LogP contribution in [0, 0.1) is 5.39 Å². The molecule has 0 atom stereocenters. The summed E-state index contributed by atoms with van der Waals surface area (Å²) in [6.45, 7) is 7.03. The molecule has 1 heterocycles. The van der Waals surface area contributed by atoms with Crippen LogP contribution in [0.2, 0.25) is 0 Å². The first-order valence-corrected chi connectivity index (χ1v) is 6.83. The molecule has 1 aliphatic heterocycles. The van der Waals surface area contributed by atoms with Gasteiger partial charge in [-0.1, -0.05) is 0 Å². The molecule has 1 fully saturated rings. The minimum Gasteiger partial charge on any atom is -1.00 e. The normalized spacial score (nSPS) is 12.3. The maximum Gasteiger partial charge on any atom is 0.430 e. The number of hydrogen-bond donors (Lipinski definition) is 0. The van der Waals surface area contributed by atoms with E-state index >= 15 is 0 Å². The van der Waals surface area contributed by atoms with Gasteiger partial charge in [0.1, 0.15) is 0 Å².